The molecule has 1 atom stereocenters. The van der Waals surface area contributed by atoms with Crippen LogP contribution < -0.4 is 9.88 Å². The molecule has 2 aromatic carbocycles. The normalized spacial score (nSPS) is 11.6. The van der Waals surface area contributed by atoms with E-state index >= 15 is 0 Å². The lowest BCUT2D eigenvalue weighted by Gasteiger charge is -2.14. The van der Waals surface area contributed by atoms with Crippen LogP contribution in [-0.4, -0.2) is 22.4 Å². The molecule has 0 saturated heterocycles. The Bertz CT molecular complexity index is 956. The molecule has 142 valence electrons. The number of pyridine rings is 1. The number of likely N-dealkylation sites (N-methyl/N-ethyl adjacent to an activating group) is 1. The Kier molecular flexibility index (Phi) is 6.63. The van der Waals surface area contributed by atoms with Crippen LogP contribution in [-0.2, 0) is 6.61 Å². The summed E-state index contributed by atoms with van der Waals surface area (Å²) >= 11 is 5.50. The molecule has 0 fully saturated rings. The molecule has 0 bridgehead atoms. The average Bonchev–Trinajstić information content (AvgIpc) is 2.75. The van der Waals surface area contributed by atoms with Crippen LogP contribution in [0.25, 0.3) is 11.1 Å². The zero-order chi connectivity index (χ0) is 19.9. The number of benzene rings is 2. The fourth-order valence-electron chi connectivity index (χ4n) is 3.07. The van der Waals surface area contributed by atoms with Crippen molar-refractivity contribution in [1.29, 1.82) is 0 Å². The number of aliphatic hydroxyl groups excluding tert-OH is 1. The maximum atomic E-state index is 13.3. The van der Waals surface area contributed by atoms with Gasteiger partial charge in [-0.3, -0.25) is 4.79 Å². The maximum absolute atomic E-state index is 13.3. The van der Waals surface area contributed by atoms with E-state index in [1.807, 2.05) is 67.6 Å². The van der Waals surface area contributed by atoms with Crippen LogP contribution in [0.4, 0.5) is 0 Å². The van der Waals surface area contributed by atoms with Gasteiger partial charge >= 0.3 is 0 Å². The first-order valence-corrected chi connectivity index (χ1v) is 9.62. The molecule has 3 aromatic rings. The van der Waals surface area contributed by atoms with Gasteiger partial charge in [0.25, 0.3) is 6.04 Å². The van der Waals surface area contributed by atoms with E-state index in [9.17, 15) is 9.90 Å². The lowest BCUT2D eigenvalue weighted by atomic mass is 9.99. The van der Waals surface area contributed by atoms with Crippen molar-refractivity contribution in [3.8, 4) is 11.1 Å². The lowest BCUT2D eigenvalue weighted by Crippen LogP contribution is -2.51. The van der Waals surface area contributed by atoms with Gasteiger partial charge in [-0.2, -0.15) is 4.57 Å². The molecule has 3 rings (SSSR count). The molecular weight excluding hydrogens is 368 g/mol. The van der Waals surface area contributed by atoms with E-state index in [4.69, 9.17) is 12.2 Å². The number of nitrogens with one attached hydrogen (secondary N) is 1. The van der Waals surface area contributed by atoms with Crippen molar-refractivity contribution in [1.82, 2.24) is 5.32 Å². The third kappa shape index (κ3) is 4.50. The predicted octanol–water partition coefficient (Wildman–Crippen LogP) is 3.49. The van der Waals surface area contributed by atoms with Crippen LogP contribution >= 0.6 is 12.2 Å². The van der Waals surface area contributed by atoms with Gasteiger partial charge in [-0.05, 0) is 24.1 Å². The van der Waals surface area contributed by atoms with Gasteiger partial charge in [-0.25, -0.2) is 0 Å². The SMILES string of the molecule is CCNC(=S)C(C(=O)c1ccc(-c2ccccc2)cc1)[n+]1cccc(CO)c1. The molecule has 1 unspecified atom stereocenters. The molecule has 4 nitrogen and oxygen atoms in total. The summed E-state index contributed by atoms with van der Waals surface area (Å²) in [5, 5.41) is 12.5. The lowest BCUT2D eigenvalue weighted by molar-refractivity contribution is -0.692. The summed E-state index contributed by atoms with van der Waals surface area (Å²) in [5.41, 5.74) is 3.47. The van der Waals surface area contributed by atoms with E-state index in [1.54, 1.807) is 23.0 Å². The highest BCUT2D eigenvalue weighted by Gasteiger charge is 2.33. The number of Topliss-reactive ketones (excluding diaryl/α,β-unsaturated/α-hetero) is 1. The minimum absolute atomic E-state index is 0.0920. The van der Waals surface area contributed by atoms with Crippen molar-refractivity contribution >= 4 is 23.0 Å². The summed E-state index contributed by atoms with van der Waals surface area (Å²) < 4.78 is 1.75. The van der Waals surface area contributed by atoms with Crippen LogP contribution in [0.5, 0.6) is 0 Å². The molecule has 1 aromatic heterocycles. The molecule has 1 heterocycles. The Morgan fingerprint density at radius 2 is 1.71 bits per heavy atom. The smallest absolute Gasteiger partial charge is 0.270 e. The van der Waals surface area contributed by atoms with E-state index in [1.165, 1.54) is 0 Å². The summed E-state index contributed by atoms with van der Waals surface area (Å²) in [6.07, 6.45) is 3.55. The highest BCUT2D eigenvalue weighted by Crippen LogP contribution is 2.21. The van der Waals surface area contributed by atoms with E-state index in [0.717, 1.165) is 16.7 Å². The number of carbonyl (C=O) groups excluding carboxylic acids is 1. The summed E-state index contributed by atoms with van der Waals surface area (Å²) in [6.45, 7) is 2.48. The fraction of sp³-hybridized carbons (Fsp3) is 0.174. The second-order valence-electron chi connectivity index (χ2n) is 6.42. The van der Waals surface area contributed by atoms with E-state index in [0.29, 0.717) is 17.1 Å². The molecular formula is C23H23N2O2S+. The minimum Gasteiger partial charge on any atom is -0.391 e. The zero-order valence-electron chi connectivity index (χ0n) is 15.7. The van der Waals surface area contributed by atoms with Gasteiger partial charge in [0.1, 0.15) is 0 Å². The quantitative estimate of drug-likeness (QED) is 0.368. The molecule has 0 amide bonds. The molecule has 0 aliphatic rings. The topological polar surface area (TPSA) is 53.2 Å². The van der Waals surface area contributed by atoms with E-state index in [-0.39, 0.29) is 12.4 Å². The Labute approximate surface area is 170 Å². The molecule has 0 aliphatic heterocycles. The van der Waals surface area contributed by atoms with Gasteiger partial charge in [0.2, 0.25) is 5.78 Å². The standard InChI is InChI=1S/C23H22N2O2S/c1-2-24-23(28)21(25-14-6-7-17(15-25)16-26)22(27)20-12-10-19(11-13-20)18-8-4-3-5-9-18/h3-15,21,26H,2,16H2,1H3/p+1. The second kappa shape index (κ2) is 9.35. The number of carbonyl (C=O) groups is 1. The van der Waals surface area contributed by atoms with Crippen LogP contribution in [0.2, 0.25) is 0 Å². The number of rotatable bonds is 7. The van der Waals surface area contributed by atoms with Crippen LogP contribution in [0.1, 0.15) is 28.9 Å². The van der Waals surface area contributed by atoms with Gasteiger partial charge in [0, 0.05) is 23.7 Å². The fourth-order valence-corrected chi connectivity index (χ4v) is 3.45. The number of aromatic nitrogens is 1. The van der Waals surface area contributed by atoms with Crippen molar-refractivity contribution in [2.24, 2.45) is 0 Å². The molecule has 2 N–H and O–H groups in total. The first kappa shape index (κ1) is 19.9. The molecule has 5 heteroatoms. The summed E-state index contributed by atoms with van der Waals surface area (Å²) in [5.74, 6) is -0.0920. The predicted molar refractivity (Wildman–Crippen MR) is 114 cm³/mol. The average molecular weight is 392 g/mol. The molecule has 0 saturated carbocycles. The second-order valence-corrected chi connectivity index (χ2v) is 6.86. The van der Waals surface area contributed by atoms with Gasteiger partial charge in [-0.15, -0.1) is 0 Å². The molecule has 28 heavy (non-hydrogen) atoms. The van der Waals surface area contributed by atoms with Gasteiger partial charge in [0.05, 0.1) is 6.61 Å². The number of ketones is 1. The Morgan fingerprint density at radius 1 is 1.04 bits per heavy atom. The summed E-state index contributed by atoms with van der Waals surface area (Å²) in [7, 11) is 0. The number of aliphatic hydroxyl groups is 1. The first-order chi connectivity index (χ1) is 13.6. The maximum Gasteiger partial charge on any atom is 0.270 e. The third-order valence-electron chi connectivity index (χ3n) is 4.49. The number of nitrogens with zero attached hydrogens (tertiary/aromatic N) is 1. The Hall–Kier alpha value is -2.89. The zero-order valence-corrected chi connectivity index (χ0v) is 16.5. The van der Waals surface area contributed by atoms with Crippen molar-refractivity contribution < 1.29 is 14.5 Å². The highest BCUT2D eigenvalue weighted by molar-refractivity contribution is 7.80. The molecule has 0 radical (unpaired) electrons. The van der Waals surface area contributed by atoms with E-state index in [2.05, 4.69) is 5.32 Å². The van der Waals surface area contributed by atoms with Crippen molar-refractivity contribution in [3.05, 3.63) is 90.3 Å². The van der Waals surface area contributed by atoms with E-state index < -0.39 is 6.04 Å². The first-order valence-electron chi connectivity index (χ1n) is 9.22. The largest absolute Gasteiger partial charge is 0.391 e. The number of hydrogen-bond acceptors (Lipinski definition) is 3. The van der Waals surface area contributed by atoms with Gasteiger partial charge < -0.3 is 10.4 Å². The number of hydrogen-bond donors (Lipinski definition) is 2. The van der Waals surface area contributed by atoms with Crippen molar-refractivity contribution in [3.63, 3.8) is 0 Å². The minimum atomic E-state index is -0.663. The Morgan fingerprint density at radius 3 is 2.36 bits per heavy atom. The van der Waals surface area contributed by atoms with Crippen molar-refractivity contribution in [2.75, 3.05) is 6.54 Å². The number of thiocarbonyl (C=S) groups is 1. The van der Waals surface area contributed by atoms with Crippen molar-refractivity contribution in [2.45, 2.75) is 19.6 Å². The Balaban J connectivity index is 1.93. The summed E-state index contributed by atoms with van der Waals surface area (Å²) in [4.78, 5) is 13.8. The summed E-state index contributed by atoms with van der Waals surface area (Å²) in [6, 6.07) is 20.6. The van der Waals surface area contributed by atoms with Crippen LogP contribution in [0.15, 0.2) is 79.1 Å². The van der Waals surface area contributed by atoms with Gasteiger partial charge in [-0.1, -0.05) is 66.8 Å². The van der Waals surface area contributed by atoms with Gasteiger partial charge in [0.15, 0.2) is 17.4 Å². The van der Waals surface area contributed by atoms with Crippen LogP contribution in [0.3, 0.4) is 0 Å². The van der Waals surface area contributed by atoms with Crippen LogP contribution in [0, 0.1) is 0 Å². The highest BCUT2D eigenvalue weighted by atomic mass is 32.1. The third-order valence-corrected chi connectivity index (χ3v) is 4.86. The molecule has 0 aliphatic carbocycles. The molecule has 0 spiro atoms. The monoisotopic (exact) mass is 391 g/mol.